The minimum Gasteiger partial charge on any atom is -0.456 e. The molecule has 55 heavy (non-hydrogen) atoms. The monoisotopic (exact) mass is 719 g/mol. The van der Waals surface area contributed by atoms with Crippen LogP contribution in [0.2, 0.25) is 0 Å². The van der Waals surface area contributed by atoms with E-state index in [-0.39, 0.29) is 0 Å². The predicted molar refractivity (Wildman–Crippen MR) is 232 cm³/mol. The molecule has 0 bridgehead atoms. The molecule has 4 nitrogen and oxygen atoms in total. The van der Waals surface area contributed by atoms with Gasteiger partial charge in [-0.05, 0) is 114 Å². The van der Waals surface area contributed by atoms with Crippen molar-refractivity contribution < 1.29 is 4.42 Å². The summed E-state index contributed by atoms with van der Waals surface area (Å²) >= 11 is 1.83. The number of para-hydroxylation sites is 2. The fourth-order valence-electron chi connectivity index (χ4n) is 8.90. The van der Waals surface area contributed by atoms with E-state index in [1.165, 1.54) is 53.1 Å². The summed E-state index contributed by atoms with van der Waals surface area (Å²) in [6.45, 7) is 10.0. The van der Waals surface area contributed by atoms with E-state index in [2.05, 4.69) is 166 Å². The van der Waals surface area contributed by atoms with Crippen LogP contribution in [0.3, 0.4) is 0 Å². The first-order valence-electron chi connectivity index (χ1n) is 18.4. The Kier molecular flexibility index (Phi) is 6.17. The number of aryl methyl sites for hydroxylation is 1. The molecule has 4 aromatic heterocycles. The van der Waals surface area contributed by atoms with Gasteiger partial charge < -0.3 is 13.6 Å². The van der Waals surface area contributed by atoms with Crippen molar-refractivity contribution in [2.75, 3.05) is 0 Å². The molecule has 0 N–H and O–H groups in total. The summed E-state index contributed by atoms with van der Waals surface area (Å²) in [7, 11) is 0. The SMILES string of the molecule is [C-]#[N+]c1cccc2c1c1ccccc1n2-c1ccc2sc3ccc(-c4ccc5oc6ccc(-n7c8ccccc8c8cc(C)ccc87)cc6c5c4)cc3c2c1. The standard InChI is InChI=1S/C50H29N3OS/c1-29-14-19-44-36(24-29)34-8-3-5-11-42(34)52(44)32-17-21-47-38(27-32)37-25-30(15-20-46(37)54-47)31-16-22-48-39(26-31)40-28-33(18-23-49(40)55-48)53-43-12-6-4-9-35(43)50-41(51-2)10-7-13-45(50)53/h3-28H,1H3. The lowest BCUT2D eigenvalue weighted by molar-refractivity contribution is 0.669. The number of nitrogens with zero attached hydrogens (tertiary/aromatic N) is 3. The van der Waals surface area contributed by atoms with Crippen LogP contribution >= 0.6 is 11.3 Å². The molecular weight excluding hydrogens is 691 g/mol. The van der Waals surface area contributed by atoms with E-state index < -0.39 is 0 Å². The summed E-state index contributed by atoms with van der Waals surface area (Å²) in [6, 6.07) is 56.6. The van der Waals surface area contributed by atoms with Crippen LogP contribution in [0, 0.1) is 13.5 Å². The summed E-state index contributed by atoms with van der Waals surface area (Å²) in [5, 5.41) is 9.30. The predicted octanol–water partition coefficient (Wildman–Crippen LogP) is 14.7. The van der Waals surface area contributed by atoms with Crippen LogP contribution in [-0.2, 0) is 0 Å². The number of aromatic nitrogens is 2. The van der Waals surface area contributed by atoms with Gasteiger partial charge in [-0.3, -0.25) is 0 Å². The van der Waals surface area contributed by atoms with Crippen LogP contribution in [0.25, 0.3) is 113 Å². The molecule has 0 saturated carbocycles. The highest BCUT2D eigenvalue weighted by Crippen LogP contribution is 2.42. The van der Waals surface area contributed by atoms with Crippen LogP contribution < -0.4 is 0 Å². The maximum atomic E-state index is 7.87. The van der Waals surface area contributed by atoms with Gasteiger partial charge in [0, 0.05) is 64.0 Å². The Bertz CT molecular complexity index is 3640. The Labute approximate surface area is 319 Å². The van der Waals surface area contributed by atoms with E-state index >= 15 is 0 Å². The molecule has 0 amide bonds. The van der Waals surface area contributed by atoms with Gasteiger partial charge in [-0.2, -0.15) is 0 Å². The van der Waals surface area contributed by atoms with Crippen LogP contribution in [0.15, 0.2) is 162 Å². The Balaban J connectivity index is 1.01. The van der Waals surface area contributed by atoms with E-state index in [9.17, 15) is 0 Å². The molecule has 0 fully saturated rings. The quantitative estimate of drug-likeness (QED) is 0.167. The second-order valence-corrected chi connectivity index (χ2v) is 15.6. The van der Waals surface area contributed by atoms with Gasteiger partial charge in [0.05, 0.1) is 23.1 Å². The number of thiophene rings is 1. The van der Waals surface area contributed by atoms with Crippen molar-refractivity contribution in [1.82, 2.24) is 9.13 Å². The van der Waals surface area contributed by atoms with E-state index in [1.54, 1.807) is 0 Å². The molecule has 12 aromatic rings. The molecule has 8 aromatic carbocycles. The molecular formula is C50H29N3OS. The number of hydrogen-bond acceptors (Lipinski definition) is 2. The fourth-order valence-corrected chi connectivity index (χ4v) is 9.97. The van der Waals surface area contributed by atoms with Crippen molar-refractivity contribution in [3.8, 4) is 22.5 Å². The molecule has 256 valence electrons. The second-order valence-electron chi connectivity index (χ2n) is 14.5. The van der Waals surface area contributed by atoms with Gasteiger partial charge in [-0.1, -0.05) is 72.3 Å². The minimum absolute atomic E-state index is 0.680. The number of furan rings is 1. The van der Waals surface area contributed by atoms with Gasteiger partial charge in [-0.15, -0.1) is 11.3 Å². The van der Waals surface area contributed by atoms with E-state index in [1.807, 2.05) is 23.5 Å². The van der Waals surface area contributed by atoms with E-state index in [0.29, 0.717) is 5.69 Å². The molecule has 0 atom stereocenters. The molecule has 4 heterocycles. The average molecular weight is 720 g/mol. The molecule has 0 spiro atoms. The Morgan fingerprint density at radius 2 is 1.05 bits per heavy atom. The number of benzene rings is 8. The third-order valence-corrected chi connectivity index (χ3v) is 12.5. The highest BCUT2D eigenvalue weighted by atomic mass is 32.1. The first-order chi connectivity index (χ1) is 27.1. The second kappa shape index (κ2) is 11.2. The lowest BCUT2D eigenvalue weighted by Crippen LogP contribution is -1.93. The van der Waals surface area contributed by atoms with Crippen molar-refractivity contribution in [2.45, 2.75) is 6.92 Å². The van der Waals surface area contributed by atoms with Crippen LogP contribution in [0.4, 0.5) is 5.69 Å². The van der Waals surface area contributed by atoms with E-state index in [0.717, 1.165) is 60.7 Å². The van der Waals surface area contributed by atoms with Crippen molar-refractivity contribution in [1.29, 1.82) is 0 Å². The van der Waals surface area contributed by atoms with Gasteiger partial charge in [0.2, 0.25) is 0 Å². The van der Waals surface area contributed by atoms with Gasteiger partial charge in [0.25, 0.3) is 0 Å². The molecule has 0 saturated heterocycles. The third-order valence-electron chi connectivity index (χ3n) is 11.4. The highest BCUT2D eigenvalue weighted by molar-refractivity contribution is 7.25. The van der Waals surface area contributed by atoms with Crippen molar-refractivity contribution in [3.05, 3.63) is 175 Å². The van der Waals surface area contributed by atoms with Crippen LogP contribution in [-0.4, -0.2) is 9.13 Å². The lowest BCUT2D eigenvalue weighted by Gasteiger charge is -2.09. The number of hydrogen-bond donors (Lipinski definition) is 0. The number of fused-ring (bicyclic) bond motifs is 12. The van der Waals surface area contributed by atoms with Gasteiger partial charge in [-0.25, -0.2) is 4.85 Å². The molecule has 0 unspecified atom stereocenters. The lowest BCUT2D eigenvalue weighted by atomic mass is 10.0. The normalized spacial score (nSPS) is 12.1. The zero-order valence-corrected chi connectivity index (χ0v) is 30.5. The van der Waals surface area contributed by atoms with Crippen molar-refractivity contribution >= 4 is 103 Å². The van der Waals surface area contributed by atoms with Crippen molar-refractivity contribution in [3.63, 3.8) is 0 Å². The minimum atomic E-state index is 0.680. The van der Waals surface area contributed by atoms with Crippen LogP contribution in [0.1, 0.15) is 5.56 Å². The van der Waals surface area contributed by atoms with Crippen LogP contribution in [0.5, 0.6) is 0 Å². The maximum Gasteiger partial charge on any atom is 0.197 e. The summed E-state index contributed by atoms with van der Waals surface area (Å²) in [6.07, 6.45) is 0. The number of rotatable bonds is 3. The fraction of sp³-hybridized carbons (Fsp3) is 0.0200. The largest absolute Gasteiger partial charge is 0.456 e. The molecule has 0 aliphatic rings. The van der Waals surface area contributed by atoms with E-state index in [4.69, 9.17) is 11.0 Å². The smallest absolute Gasteiger partial charge is 0.197 e. The summed E-state index contributed by atoms with van der Waals surface area (Å²) in [4.78, 5) is 3.88. The topological polar surface area (TPSA) is 27.4 Å². The molecule has 0 aliphatic carbocycles. The molecule has 0 aliphatic heterocycles. The summed E-state index contributed by atoms with van der Waals surface area (Å²) in [5.74, 6) is 0. The zero-order valence-electron chi connectivity index (χ0n) is 29.7. The molecule has 12 rings (SSSR count). The van der Waals surface area contributed by atoms with Gasteiger partial charge >= 0.3 is 0 Å². The van der Waals surface area contributed by atoms with Crippen molar-refractivity contribution in [2.24, 2.45) is 0 Å². The van der Waals surface area contributed by atoms with Gasteiger partial charge in [0.1, 0.15) is 11.2 Å². The Hall–Kier alpha value is -7.13. The molecule has 5 heteroatoms. The average Bonchev–Trinajstić information content (AvgIpc) is 3.97. The first-order valence-corrected chi connectivity index (χ1v) is 19.3. The first kappa shape index (κ1) is 30.3. The zero-order chi connectivity index (χ0) is 36.4. The summed E-state index contributed by atoms with van der Waals surface area (Å²) in [5.41, 5.74) is 12.8. The molecule has 0 radical (unpaired) electrons. The van der Waals surface area contributed by atoms with Gasteiger partial charge in [0.15, 0.2) is 5.69 Å². The third kappa shape index (κ3) is 4.32. The summed E-state index contributed by atoms with van der Waals surface area (Å²) < 4.78 is 13.6. The highest BCUT2D eigenvalue weighted by Gasteiger charge is 2.18. The Morgan fingerprint density at radius 1 is 0.473 bits per heavy atom. The Morgan fingerprint density at radius 3 is 1.87 bits per heavy atom. The maximum absolute atomic E-state index is 7.87.